The van der Waals surface area contributed by atoms with Gasteiger partial charge in [-0.05, 0) is 6.07 Å². The second-order valence-corrected chi connectivity index (χ2v) is 4.90. The molecular formula is C9H9Cl2N5S. The molecule has 2 aromatic rings. The third kappa shape index (κ3) is 2.98. The fourth-order valence-corrected chi connectivity index (χ4v) is 2.21. The van der Waals surface area contributed by atoms with Gasteiger partial charge in [0.25, 0.3) is 0 Å². The topological polar surface area (TPSA) is 75.9 Å². The molecule has 8 heteroatoms. The fraction of sp³-hybridized carbons (Fsp3) is 0.111. The Labute approximate surface area is 112 Å². The second-order valence-electron chi connectivity index (χ2n) is 3.11. The predicted molar refractivity (Wildman–Crippen MR) is 71.5 cm³/mol. The van der Waals surface area contributed by atoms with Crippen LogP contribution < -0.4 is 16.6 Å². The molecule has 4 N–H and O–H groups in total. The summed E-state index contributed by atoms with van der Waals surface area (Å²) in [6.45, 7) is 0.600. The quantitative estimate of drug-likeness (QED) is 0.596. The lowest BCUT2D eigenvalue weighted by molar-refractivity contribution is 1.12. The highest BCUT2D eigenvalue weighted by Gasteiger charge is 2.08. The lowest BCUT2D eigenvalue weighted by Gasteiger charge is -2.09. The molecule has 2 rings (SSSR count). The lowest BCUT2D eigenvalue weighted by Crippen LogP contribution is -2.11. The van der Waals surface area contributed by atoms with Crippen LogP contribution in [-0.4, -0.2) is 9.97 Å². The van der Waals surface area contributed by atoms with Crippen molar-refractivity contribution in [3.8, 4) is 0 Å². The SMILES string of the molecule is NNc1nc(NCc2cncs2)c(Cl)cc1Cl. The maximum absolute atomic E-state index is 6.01. The van der Waals surface area contributed by atoms with E-state index in [-0.39, 0.29) is 0 Å². The van der Waals surface area contributed by atoms with Crippen molar-refractivity contribution in [2.24, 2.45) is 5.84 Å². The van der Waals surface area contributed by atoms with Crippen LogP contribution >= 0.6 is 34.5 Å². The molecule has 0 radical (unpaired) electrons. The molecule has 17 heavy (non-hydrogen) atoms. The van der Waals surface area contributed by atoms with Crippen LogP contribution in [0.4, 0.5) is 11.6 Å². The van der Waals surface area contributed by atoms with Gasteiger partial charge in [-0.2, -0.15) is 0 Å². The third-order valence-electron chi connectivity index (χ3n) is 1.98. The molecule has 0 unspecified atom stereocenters. The first-order valence-electron chi connectivity index (χ1n) is 4.64. The van der Waals surface area contributed by atoms with E-state index < -0.39 is 0 Å². The van der Waals surface area contributed by atoms with Crippen LogP contribution in [0, 0.1) is 0 Å². The minimum atomic E-state index is 0.376. The van der Waals surface area contributed by atoms with Gasteiger partial charge in [-0.1, -0.05) is 23.2 Å². The van der Waals surface area contributed by atoms with Gasteiger partial charge in [-0.25, -0.2) is 10.8 Å². The van der Waals surface area contributed by atoms with Crippen molar-refractivity contribution in [2.45, 2.75) is 6.54 Å². The minimum absolute atomic E-state index is 0.376. The van der Waals surface area contributed by atoms with Gasteiger partial charge in [0.15, 0.2) is 5.82 Å². The van der Waals surface area contributed by atoms with Gasteiger partial charge >= 0.3 is 0 Å². The molecule has 0 aliphatic heterocycles. The van der Waals surface area contributed by atoms with Crippen LogP contribution in [0.3, 0.4) is 0 Å². The number of pyridine rings is 1. The zero-order valence-electron chi connectivity index (χ0n) is 8.58. The number of nitrogens with zero attached hydrogens (tertiary/aromatic N) is 2. The van der Waals surface area contributed by atoms with Gasteiger partial charge in [0.05, 0.1) is 22.1 Å². The first-order chi connectivity index (χ1) is 8.20. The van der Waals surface area contributed by atoms with Gasteiger partial charge in [-0.15, -0.1) is 11.3 Å². The largest absolute Gasteiger partial charge is 0.364 e. The fourth-order valence-electron chi connectivity index (χ4n) is 1.19. The number of nitrogens with one attached hydrogen (secondary N) is 2. The Morgan fingerprint density at radius 1 is 1.29 bits per heavy atom. The number of nitrogen functional groups attached to an aromatic ring is 1. The van der Waals surface area contributed by atoms with Gasteiger partial charge in [0, 0.05) is 11.1 Å². The summed E-state index contributed by atoms with van der Waals surface area (Å²) >= 11 is 13.4. The Balaban J connectivity index is 2.15. The average Bonchev–Trinajstić information content (AvgIpc) is 2.81. The first-order valence-corrected chi connectivity index (χ1v) is 6.28. The highest BCUT2D eigenvalue weighted by atomic mass is 35.5. The Morgan fingerprint density at radius 2 is 2.06 bits per heavy atom. The van der Waals surface area contributed by atoms with E-state index in [9.17, 15) is 0 Å². The molecule has 0 amide bonds. The van der Waals surface area contributed by atoms with Crippen molar-refractivity contribution in [3.63, 3.8) is 0 Å². The van der Waals surface area contributed by atoms with E-state index in [1.165, 1.54) is 0 Å². The number of anilines is 2. The van der Waals surface area contributed by atoms with Crippen molar-refractivity contribution < 1.29 is 0 Å². The molecule has 0 spiro atoms. The van der Waals surface area contributed by atoms with E-state index in [0.29, 0.717) is 28.2 Å². The maximum atomic E-state index is 6.01. The van der Waals surface area contributed by atoms with E-state index in [1.54, 1.807) is 29.1 Å². The Morgan fingerprint density at radius 3 is 2.71 bits per heavy atom. The molecule has 0 bridgehead atoms. The van der Waals surface area contributed by atoms with E-state index >= 15 is 0 Å². The molecular weight excluding hydrogens is 281 g/mol. The zero-order chi connectivity index (χ0) is 12.3. The smallest absolute Gasteiger partial charge is 0.161 e. The molecule has 5 nitrogen and oxygen atoms in total. The van der Waals surface area contributed by atoms with Crippen LogP contribution in [0.2, 0.25) is 10.0 Å². The second kappa shape index (κ2) is 5.50. The van der Waals surface area contributed by atoms with Crippen molar-refractivity contribution in [2.75, 3.05) is 10.7 Å². The molecule has 2 aromatic heterocycles. The molecule has 0 saturated carbocycles. The first kappa shape index (κ1) is 12.4. The van der Waals surface area contributed by atoms with E-state index in [2.05, 4.69) is 20.7 Å². The molecule has 0 aliphatic carbocycles. The van der Waals surface area contributed by atoms with Crippen LogP contribution in [0.25, 0.3) is 0 Å². The van der Waals surface area contributed by atoms with Crippen molar-refractivity contribution in [3.05, 3.63) is 32.7 Å². The number of rotatable bonds is 4. The minimum Gasteiger partial charge on any atom is -0.364 e. The van der Waals surface area contributed by atoms with Crippen molar-refractivity contribution in [1.82, 2.24) is 9.97 Å². The van der Waals surface area contributed by atoms with Gasteiger partial charge < -0.3 is 10.7 Å². The summed E-state index contributed by atoms with van der Waals surface area (Å²) in [5.41, 5.74) is 4.17. The Kier molecular flexibility index (Phi) is 4.01. The van der Waals surface area contributed by atoms with Crippen LogP contribution in [0.15, 0.2) is 17.8 Å². The normalized spacial score (nSPS) is 10.3. The lowest BCUT2D eigenvalue weighted by atomic mass is 10.4. The number of hydrogen-bond acceptors (Lipinski definition) is 6. The van der Waals surface area contributed by atoms with Crippen molar-refractivity contribution in [1.29, 1.82) is 0 Å². The predicted octanol–water partition coefficient (Wildman–Crippen LogP) is 2.74. The van der Waals surface area contributed by atoms with Gasteiger partial charge in [0.2, 0.25) is 0 Å². The molecule has 0 saturated heterocycles. The number of nitrogens with two attached hydrogens (primary N) is 1. The summed E-state index contributed by atoms with van der Waals surface area (Å²) in [7, 11) is 0. The highest BCUT2D eigenvalue weighted by molar-refractivity contribution is 7.09. The van der Waals surface area contributed by atoms with Crippen LogP contribution in [0.5, 0.6) is 0 Å². The Bertz CT molecular complexity index is 502. The summed E-state index contributed by atoms with van der Waals surface area (Å²) in [6, 6.07) is 1.58. The summed E-state index contributed by atoms with van der Waals surface area (Å²) in [5.74, 6) is 6.19. The molecule has 0 aromatic carbocycles. The maximum Gasteiger partial charge on any atom is 0.161 e. The number of aromatic nitrogens is 2. The number of hydrogen-bond donors (Lipinski definition) is 3. The highest BCUT2D eigenvalue weighted by Crippen LogP contribution is 2.28. The number of halogens is 2. The van der Waals surface area contributed by atoms with E-state index in [1.807, 2.05) is 0 Å². The van der Waals surface area contributed by atoms with Gasteiger partial charge in [-0.3, -0.25) is 4.98 Å². The van der Waals surface area contributed by atoms with Crippen LogP contribution in [-0.2, 0) is 6.54 Å². The number of thiazole rings is 1. The van der Waals surface area contributed by atoms with E-state index in [4.69, 9.17) is 29.0 Å². The summed E-state index contributed by atoms with van der Waals surface area (Å²) in [6.07, 6.45) is 1.78. The molecule has 2 heterocycles. The van der Waals surface area contributed by atoms with E-state index in [0.717, 1.165) is 4.88 Å². The average molecular weight is 290 g/mol. The monoisotopic (exact) mass is 289 g/mol. The zero-order valence-corrected chi connectivity index (χ0v) is 10.9. The third-order valence-corrected chi connectivity index (χ3v) is 3.34. The summed E-state index contributed by atoms with van der Waals surface area (Å²) in [4.78, 5) is 9.22. The molecule has 90 valence electrons. The Hall–Kier alpha value is -1.08. The molecule has 0 atom stereocenters. The molecule has 0 fully saturated rings. The molecule has 0 aliphatic rings. The summed E-state index contributed by atoms with van der Waals surface area (Å²) in [5, 5.41) is 3.91. The van der Waals surface area contributed by atoms with Crippen molar-refractivity contribution >= 4 is 46.2 Å². The standard InChI is InChI=1S/C9H9Cl2N5S/c10-6-1-7(11)9(16-12)15-8(6)14-3-5-2-13-4-17-5/h1-2,4H,3,12H2,(H2,14,15,16). The van der Waals surface area contributed by atoms with Crippen LogP contribution in [0.1, 0.15) is 4.88 Å². The number of hydrazine groups is 1. The summed E-state index contributed by atoms with van der Waals surface area (Å²) < 4.78 is 0. The van der Waals surface area contributed by atoms with Gasteiger partial charge in [0.1, 0.15) is 5.82 Å².